The van der Waals surface area contributed by atoms with Gasteiger partial charge < -0.3 is 21.0 Å². The molecule has 31 heavy (non-hydrogen) atoms. The van der Waals surface area contributed by atoms with Gasteiger partial charge in [-0.05, 0) is 12.5 Å². The van der Waals surface area contributed by atoms with E-state index in [-0.39, 0.29) is 22.2 Å². The van der Waals surface area contributed by atoms with Crippen LogP contribution < -0.4 is 16.5 Å². The Kier molecular flexibility index (Phi) is 6.77. The molecule has 2 aliphatic rings. The molecule has 2 unspecified atom stereocenters. The van der Waals surface area contributed by atoms with Gasteiger partial charge in [-0.25, -0.2) is 15.3 Å². The number of hydroxylamine groups is 1. The number of carboxylic acid groups (broad SMARTS) is 1. The predicted octanol–water partition coefficient (Wildman–Crippen LogP) is -1.12. The molecule has 1 aromatic heterocycles. The number of oxime groups is 1. The average Bonchev–Trinajstić information content (AvgIpc) is 3.14. The van der Waals surface area contributed by atoms with Gasteiger partial charge in [-0.15, -0.1) is 23.1 Å². The first-order chi connectivity index (χ1) is 14.7. The number of carbonyl (C=O) groups excluding carboxylic acids is 3. The van der Waals surface area contributed by atoms with Crippen molar-refractivity contribution in [3.8, 4) is 0 Å². The Labute approximate surface area is 183 Å². The van der Waals surface area contributed by atoms with E-state index < -0.39 is 41.7 Å². The highest BCUT2D eigenvalue weighted by atomic mass is 32.2. The largest absolute Gasteiger partial charge is 0.477 e. The zero-order valence-electron chi connectivity index (χ0n) is 16.3. The van der Waals surface area contributed by atoms with Crippen molar-refractivity contribution in [1.82, 2.24) is 20.7 Å². The lowest BCUT2D eigenvalue weighted by Crippen LogP contribution is -2.71. The minimum absolute atomic E-state index is 0.0760. The van der Waals surface area contributed by atoms with E-state index in [0.29, 0.717) is 11.3 Å². The molecule has 166 valence electrons. The van der Waals surface area contributed by atoms with Crippen LogP contribution in [0, 0.1) is 0 Å². The van der Waals surface area contributed by atoms with Crippen LogP contribution in [-0.2, 0) is 28.9 Å². The summed E-state index contributed by atoms with van der Waals surface area (Å²) < 4.78 is 0. The number of nitrogens with zero attached hydrogens (tertiary/aromatic N) is 3. The first-order valence-electron chi connectivity index (χ1n) is 8.66. The highest BCUT2D eigenvalue weighted by Gasteiger charge is 2.54. The minimum atomic E-state index is -1.20. The Morgan fingerprint density at radius 2 is 2.19 bits per heavy atom. The predicted molar refractivity (Wildman–Crippen MR) is 110 cm³/mol. The zero-order chi connectivity index (χ0) is 22.7. The number of hydrogen-bond acceptors (Lipinski definition) is 11. The third-order valence-electron chi connectivity index (χ3n) is 4.20. The van der Waals surface area contributed by atoms with Crippen LogP contribution in [0.25, 0.3) is 0 Å². The highest BCUT2D eigenvalue weighted by Crippen LogP contribution is 2.40. The van der Waals surface area contributed by atoms with E-state index >= 15 is 0 Å². The first kappa shape index (κ1) is 22.5. The summed E-state index contributed by atoms with van der Waals surface area (Å²) in [4.78, 5) is 62.8. The maximum Gasteiger partial charge on any atom is 0.352 e. The SMILES string of the molecule is CONC(=O)CON=C(C(=O)NC1C(=O)N2C(C(=O)O)=C(C)CSC12)c1csc(N)n1. The van der Waals surface area contributed by atoms with Gasteiger partial charge in [0.2, 0.25) is 0 Å². The fraction of sp³-hybridized carbons (Fsp3) is 0.375. The molecule has 0 bridgehead atoms. The van der Waals surface area contributed by atoms with Gasteiger partial charge in [0, 0.05) is 11.1 Å². The molecule has 3 amide bonds. The van der Waals surface area contributed by atoms with Crippen LogP contribution >= 0.6 is 23.1 Å². The van der Waals surface area contributed by atoms with E-state index in [2.05, 4.69) is 20.3 Å². The standard InChI is InChI=1S/C16H18N6O7S2/c1-6-4-30-14-10(13(25)22(14)11(6)15(26)27)19-12(24)9(7-5-31-16(17)18-7)21-29-3-8(23)20-28-2/h5,10,14H,3-4H2,1-2H3,(H2,17,18)(H,19,24)(H,20,23)(H,26,27). The number of nitrogens with two attached hydrogens (primary N) is 1. The smallest absolute Gasteiger partial charge is 0.352 e. The lowest BCUT2D eigenvalue weighted by Gasteiger charge is -2.49. The molecule has 0 spiro atoms. The summed E-state index contributed by atoms with van der Waals surface area (Å²) >= 11 is 2.39. The number of fused-ring (bicyclic) bond motifs is 1. The molecule has 1 saturated heterocycles. The highest BCUT2D eigenvalue weighted by molar-refractivity contribution is 8.00. The Bertz CT molecular complexity index is 991. The fourth-order valence-corrected chi connectivity index (χ4v) is 4.73. The maximum absolute atomic E-state index is 12.8. The summed E-state index contributed by atoms with van der Waals surface area (Å²) in [5.41, 5.74) is 7.92. The van der Waals surface area contributed by atoms with Crippen LogP contribution in [0.1, 0.15) is 12.6 Å². The Balaban J connectivity index is 1.75. The number of carboxylic acids is 1. The molecule has 2 atom stereocenters. The van der Waals surface area contributed by atoms with Crippen molar-refractivity contribution in [3.05, 3.63) is 22.3 Å². The molecule has 15 heteroatoms. The number of rotatable bonds is 8. The Morgan fingerprint density at radius 1 is 1.45 bits per heavy atom. The molecule has 3 heterocycles. The van der Waals surface area contributed by atoms with Crippen LogP contribution in [0.15, 0.2) is 21.8 Å². The monoisotopic (exact) mass is 470 g/mol. The van der Waals surface area contributed by atoms with E-state index in [9.17, 15) is 24.3 Å². The number of hydrogen-bond donors (Lipinski definition) is 4. The molecule has 1 aromatic rings. The van der Waals surface area contributed by atoms with Crippen LogP contribution in [0.4, 0.5) is 5.13 Å². The fourth-order valence-electron chi connectivity index (χ4n) is 2.88. The van der Waals surface area contributed by atoms with Crippen LogP contribution in [-0.4, -0.2) is 75.3 Å². The topological polar surface area (TPSA) is 186 Å². The van der Waals surface area contributed by atoms with Gasteiger partial charge in [-0.3, -0.25) is 24.1 Å². The van der Waals surface area contributed by atoms with Crippen LogP contribution in [0.3, 0.4) is 0 Å². The molecule has 3 rings (SSSR count). The van der Waals surface area contributed by atoms with Gasteiger partial charge in [0.15, 0.2) is 17.5 Å². The number of aromatic nitrogens is 1. The number of β-lactam (4-membered cyclic amide) rings is 1. The first-order valence-corrected chi connectivity index (χ1v) is 10.6. The third kappa shape index (κ3) is 4.62. The molecule has 0 radical (unpaired) electrons. The lowest BCUT2D eigenvalue weighted by atomic mass is 10.0. The molecule has 1 fully saturated rings. The van der Waals surface area contributed by atoms with E-state index in [0.717, 1.165) is 16.2 Å². The number of carbonyl (C=O) groups is 4. The van der Waals surface area contributed by atoms with Crippen molar-refractivity contribution in [1.29, 1.82) is 0 Å². The molecular weight excluding hydrogens is 452 g/mol. The van der Waals surface area contributed by atoms with E-state index in [1.54, 1.807) is 6.92 Å². The number of nitrogen functional groups attached to an aromatic ring is 1. The van der Waals surface area contributed by atoms with Crippen molar-refractivity contribution < 1.29 is 34.0 Å². The maximum atomic E-state index is 12.8. The van der Waals surface area contributed by atoms with Gasteiger partial charge in [-0.2, -0.15) is 0 Å². The minimum Gasteiger partial charge on any atom is -0.477 e. The van der Waals surface area contributed by atoms with E-state index in [1.807, 2.05) is 5.48 Å². The molecule has 0 aromatic carbocycles. The van der Waals surface area contributed by atoms with Crippen molar-refractivity contribution in [2.45, 2.75) is 18.3 Å². The second-order valence-electron chi connectivity index (χ2n) is 6.31. The average molecular weight is 470 g/mol. The second kappa shape index (κ2) is 9.32. The summed E-state index contributed by atoms with van der Waals surface area (Å²) in [7, 11) is 1.24. The summed E-state index contributed by atoms with van der Waals surface area (Å²) in [5, 5.41) is 16.7. The van der Waals surface area contributed by atoms with E-state index in [4.69, 9.17) is 10.6 Å². The molecule has 13 nitrogen and oxygen atoms in total. The lowest BCUT2D eigenvalue weighted by molar-refractivity contribution is -0.150. The van der Waals surface area contributed by atoms with Crippen LogP contribution in [0.5, 0.6) is 0 Å². The van der Waals surface area contributed by atoms with Gasteiger partial charge in [-0.1, -0.05) is 5.16 Å². The summed E-state index contributed by atoms with van der Waals surface area (Å²) in [6.07, 6.45) is 0. The van der Waals surface area contributed by atoms with Crippen molar-refractivity contribution >= 4 is 57.6 Å². The van der Waals surface area contributed by atoms with Gasteiger partial charge >= 0.3 is 5.97 Å². The quantitative estimate of drug-likeness (QED) is 0.206. The number of aliphatic carboxylic acids is 1. The van der Waals surface area contributed by atoms with Crippen LogP contribution in [0.2, 0.25) is 0 Å². The Hall–Kier alpha value is -3.17. The summed E-state index contributed by atoms with van der Waals surface area (Å²) in [5.74, 6) is -2.79. The number of nitrogens with one attached hydrogen (secondary N) is 2. The third-order valence-corrected chi connectivity index (χ3v) is 6.29. The normalized spacial score (nSPS) is 20.6. The number of thioether (sulfide) groups is 1. The molecular formula is C16H18N6O7S2. The van der Waals surface area contributed by atoms with Gasteiger partial charge in [0.25, 0.3) is 17.7 Å². The summed E-state index contributed by atoms with van der Waals surface area (Å²) in [6, 6.07) is -0.960. The molecule has 0 aliphatic carbocycles. The van der Waals surface area contributed by atoms with E-state index in [1.165, 1.54) is 24.3 Å². The van der Waals surface area contributed by atoms with Gasteiger partial charge in [0.05, 0.1) is 7.11 Å². The second-order valence-corrected chi connectivity index (χ2v) is 8.30. The zero-order valence-corrected chi connectivity index (χ0v) is 17.9. The molecule has 0 saturated carbocycles. The summed E-state index contributed by atoms with van der Waals surface area (Å²) in [6.45, 7) is 1.10. The number of anilines is 1. The number of thiazole rings is 1. The van der Waals surface area contributed by atoms with Crippen molar-refractivity contribution in [3.63, 3.8) is 0 Å². The molecule has 2 aliphatic heterocycles. The Morgan fingerprint density at radius 3 is 2.81 bits per heavy atom. The van der Waals surface area contributed by atoms with Crippen molar-refractivity contribution in [2.24, 2.45) is 5.16 Å². The van der Waals surface area contributed by atoms with Crippen molar-refractivity contribution in [2.75, 3.05) is 25.2 Å². The van der Waals surface area contributed by atoms with Gasteiger partial charge in [0.1, 0.15) is 22.8 Å². The number of amides is 3. The molecule has 5 N–H and O–H groups in total.